The molecule has 1 aliphatic carbocycles. The first-order chi connectivity index (χ1) is 18.5. The molecular formula is C30H33N5O3. The summed E-state index contributed by atoms with van der Waals surface area (Å²) >= 11 is 0. The van der Waals surface area contributed by atoms with Crippen LogP contribution < -0.4 is 10.5 Å². The quantitative estimate of drug-likeness (QED) is 0.421. The van der Waals surface area contributed by atoms with Gasteiger partial charge in [-0.2, -0.15) is 0 Å². The number of nitrogens with zero attached hydrogens (tertiary/aromatic N) is 5. The molecule has 2 atom stereocenters. The number of carbonyl (C=O) groups excluding carboxylic acids is 1. The maximum Gasteiger partial charge on any atom is 0.261 e. The molecule has 196 valence electrons. The van der Waals surface area contributed by atoms with Crippen LogP contribution in [0.15, 0.2) is 59.8 Å². The fraction of sp³-hybridized carbons (Fsp3) is 0.400. The van der Waals surface area contributed by atoms with Gasteiger partial charge < -0.3 is 14.9 Å². The lowest BCUT2D eigenvalue weighted by atomic mass is 9.92. The molecule has 2 aromatic carbocycles. The number of aromatic nitrogens is 3. The number of rotatable bonds is 4. The standard InChI is InChI=1S/C30H33N5O3/c1-20(36)33-12-14-34(15-13-33)28-11-10-21(18-31-28)16-22-17-25-29(24-7-3-2-6-23(22)24)32-19-35(30(25)38)26-8-4-5-9-27(26)37/h2-3,6-7,10-11,17-19,26-27,37H,4-5,8-9,12-16H2,1H3/t26-,27-/m0/s1. The zero-order valence-corrected chi connectivity index (χ0v) is 21.7. The molecule has 6 rings (SSSR count). The molecule has 8 nitrogen and oxygen atoms in total. The summed E-state index contributed by atoms with van der Waals surface area (Å²) in [5, 5.41) is 13.2. The minimum absolute atomic E-state index is 0.0915. The van der Waals surface area contributed by atoms with Gasteiger partial charge in [-0.15, -0.1) is 0 Å². The lowest BCUT2D eigenvalue weighted by Crippen LogP contribution is -2.48. The highest BCUT2D eigenvalue weighted by atomic mass is 16.3. The van der Waals surface area contributed by atoms with E-state index in [0.717, 1.165) is 60.1 Å². The van der Waals surface area contributed by atoms with Crippen molar-refractivity contribution in [1.29, 1.82) is 0 Å². The van der Waals surface area contributed by atoms with Crippen molar-refractivity contribution in [3.63, 3.8) is 0 Å². The van der Waals surface area contributed by atoms with Crippen molar-refractivity contribution in [2.45, 2.75) is 51.2 Å². The molecule has 2 aromatic heterocycles. The van der Waals surface area contributed by atoms with Crippen molar-refractivity contribution in [3.8, 4) is 0 Å². The first kappa shape index (κ1) is 24.6. The van der Waals surface area contributed by atoms with Crippen LogP contribution in [0, 0.1) is 0 Å². The van der Waals surface area contributed by atoms with E-state index in [1.807, 2.05) is 41.4 Å². The van der Waals surface area contributed by atoms with E-state index in [1.165, 1.54) is 0 Å². The maximum atomic E-state index is 13.7. The Bertz CT molecular complexity index is 1540. The van der Waals surface area contributed by atoms with Gasteiger partial charge in [0.15, 0.2) is 0 Å². The molecule has 0 spiro atoms. The van der Waals surface area contributed by atoms with Crippen molar-refractivity contribution >= 4 is 33.4 Å². The van der Waals surface area contributed by atoms with Gasteiger partial charge in [-0.25, -0.2) is 9.97 Å². The topological polar surface area (TPSA) is 91.6 Å². The second-order valence-electron chi connectivity index (χ2n) is 10.5. The van der Waals surface area contributed by atoms with Gasteiger partial charge in [-0.3, -0.25) is 14.2 Å². The lowest BCUT2D eigenvalue weighted by molar-refractivity contribution is -0.129. The average Bonchev–Trinajstić information content (AvgIpc) is 2.95. The molecule has 8 heteroatoms. The minimum Gasteiger partial charge on any atom is -0.391 e. The Kier molecular flexibility index (Phi) is 6.57. The van der Waals surface area contributed by atoms with Crippen LogP contribution in [-0.4, -0.2) is 62.7 Å². The first-order valence-electron chi connectivity index (χ1n) is 13.5. The molecule has 1 N–H and O–H groups in total. The molecule has 1 saturated heterocycles. The molecule has 4 aromatic rings. The van der Waals surface area contributed by atoms with Crippen molar-refractivity contribution in [2.24, 2.45) is 0 Å². The summed E-state index contributed by atoms with van der Waals surface area (Å²) < 4.78 is 1.65. The molecule has 38 heavy (non-hydrogen) atoms. The molecule has 1 aliphatic heterocycles. The number of fused-ring (bicyclic) bond motifs is 3. The smallest absolute Gasteiger partial charge is 0.261 e. The Hall–Kier alpha value is -3.78. The number of hydrogen-bond acceptors (Lipinski definition) is 6. The van der Waals surface area contributed by atoms with Gasteiger partial charge in [0.05, 0.1) is 29.4 Å². The highest BCUT2D eigenvalue weighted by molar-refractivity contribution is 6.06. The monoisotopic (exact) mass is 511 g/mol. The predicted molar refractivity (Wildman–Crippen MR) is 149 cm³/mol. The SMILES string of the molecule is CC(=O)N1CCN(c2ccc(Cc3cc4c(=O)n([C@H]5CCCC[C@@H]5O)cnc4c4ccccc34)cn2)CC1. The third-order valence-corrected chi connectivity index (χ3v) is 8.18. The van der Waals surface area contributed by atoms with E-state index >= 15 is 0 Å². The maximum absolute atomic E-state index is 13.7. The Labute approximate surface area is 221 Å². The van der Waals surface area contributed by atoms with Gasteiger partial charge in [0.1, 0.15) is 5.82 Å². The molecule has 0 bridgehead atoms. The number of carbonyl (C=O) groups is 1. The number of hydrogen-bond donors (Lipinski definition) is 1. The van der Waals surface area contributed by atoms with Gasteiger partial charge in [0.25, 0.3) is 5.56 Å². The van der Waals surface area contributed by atoms with E-state index in [-0.39, 0.29) is 17.5 Å². The number of anilines is 1. The molecule has 1 amide bonds. The number of amides is 1. The average molecular weight is 512 g/mol. The third kappa shape index (κ3) is 4.53. The van der Waals surface area contributed by atoms with Crippen LogP contribution >= 0.6 is 0 Å². The van der Waals surface area contributed by atoms with Crippen molar-refractivity contribution in [2.75, 3.05) is 31.1 Å². The fourth-order valence-corrected chi connectivity index (χ4v) is 6.03. The Balaban J connectivity index is 1.32. The zero-order valence-electron chi connectivity index (χ0n) is 21.7. The van der Waals surface area contributed by atoms with E-state index in [4.69, 9.17) is 9.97 Å². The predicted octanol–water partition coefficient (Wildman–Crippen LogP) is 3.68. The largest absolute Gasteiger partial charge is 0.391 e. The van der Waals surface area contributed by atoms with Gasteiger partial charge in [-0.1, -0.05) is 43.2 Å². The summed E-state index contributed by atoms with van der Waals surface area (Å²) in [6, 6.07) is 14.0. The summed E-state index contributed by atoms with van der Waals surface area (Å²) in [5.41, 5.74) is 2.73. The first-order valence-corrected chi connectivity index (χ1v) is 13.5. The van der Waals surface area contributed by atoms with Crippen LogP contribution in [0.3, 0.4) is 0 Å². The zero-order chi connectivity index (χ0) is 26.2. The van der Waals surface area contributed by atoms with Crippen molar-refractivity contribution < 1.29 is 9.90 Å². The second-order valence-corrected chi connectivity index (χ2v) is 10.5. The van der Waals surface area contributed by atoms with Crippen LogP contribution in [0.25, 0.3) is 21.7 Å². The van der Waals surface area contributed by atoms with Crippen LogP contribution in [0.4, 0.5) is 5.82 Å². The minimum atomic E-state index is -0.518. The highest BCUT2D eigenvalue weighted by Gasteiger charge is 2.26. The summed E-state index contributed by atoms with van der Waals surface area (Å²) in [5.74, 6) is 1.03. The third-order valence-electron chi connectivity index (χ3n) is 8.18. The molecule has 1 saturated carbocycles. The summed E-state index contributed by atoms with van der Waals surface area (Å²) in [6.45, 7) is 4.59. The summed E-state index contributed by atoms with van der Waals surface area (Å²) in [4.78, 5) is 38.8. The number of aliphatic hydroxyl groups excluding tert-OH is 1. The van der Waals surface area contributed by atoms with Gasteiger partial charge >= 0.3 is 0 Å². The number of piperazine rings is 1. The van der Waals surface area contributed by atoms with E-state index in [0.29, 0.717) is 36.8 Å². The lowest BCUT2D eigenvalue weighted by Gasteiger charge is -2.34. The van der Waals surface area contributed by atoms with Crippen molar-refractivity contribution in [1.82, 2.24) is 19.4 Å². The molecule has 0 radical (unpaired) electrons. The van der Waals surface area contributed by atoms with Crippen LogP contribution in [0.1, 0.15) is 49.8 Å². The van der Waals surface area contributed by atoms with E-state index < -0.39 is 6.10 Å². The summed E-state index contributed by atoms with van der Waals surface area (Å²) in [6.07, 6.45) is 7.15. The van der Waals surface area contributed by atoms with Gasteiger partial charge in [-0.05, 0) is 47.9 Å². The molecule has 3 heterocycles. The molecular weight excluding hydrogens is 478 g/mol. The van der Waals surface area contributed by atoms with E-state index in [2.05, 4.69) is 17.0 Å². The Morgan fingerprint density at radius 2 is 1.74 bits per heavy atom. The number of aliphatic hydroxyl groups is 1. The van der Waals surface area contributed by atoms with Crippen LogP contribution in [0.2, 0.25) is 0 Å². The van der Waals surface area contributed by atoms with E-state index in [9.17, 15) is 14.7 Å². The van der Waals surface area contributed by atoms with Crippen molar-refractivity contribution in [3.05, 3.63) is 76.5 Å². The second kappa shape index (κ2) is 10.2. The number of pyridine rings is 1. The van der Waals surface area contributed by atoms with Gasteiger partial charge in [0.2, 0.25) is 5.91 Å². The fourth-order valence-electron chi connectivity index (χ4n) is 6.03. The highest BCUT2D eigenvalue weighted by Crippen LogP contribution is 2.31. The Morgan fingerprint density at radius 3 is 2.45 bits per heavy atom. The summed E-state index contributed by atoms with van der Waals surface area (Å²) in [7, 11) is 0. The van der Waals surface area contributed by atoms with Gasteiger partial charge in [0, 0.05) is 44.7 Å². The normalized spacial score (nSPS) is 20.3. The van der Waals surface area contributed by atoms with E-state index in [1.54, 1.807) is 17.8 Å². The molecule has 2 aliphatic rings. The Morgan fingerprint density at radius 1 is 0.974 bits per heavy atom. The molecule has 2 fully saturated rings. The van der Waals surface area contributed by atoms with Crippen LogP contribution in [-0.2, 0) is 11.2 Å². The molecule has 0 unspecified atom stereocenters. The van der Waals surface area contributed by atoms with Crippen LogP contribution in [0.5, 0.6) is 0 Å². The number of benzene rings is 2.